The number of hydrogen-bond donors (Lipinski definition) is 0. The van der Waals surface area contributed by atoms with Crippen molar-refractivity contribution in [3.05, 3.63) is 12.3 Å². The molecule has 0 fully saturated rings. The third kappa shape index (κ3) is 3.72. The molecule has 1 nitrogen and oxygen atoms in total. The third-order valence-corrected chi connectivity index (χ3v) is 0.980. The summed E-state index contributed by atoms with van der Waals surface area (Å²) in [5, 5.41) is 0. The van der Waals surface area contributed by atoms with Gasteiger partial charge in [-0.2, -0.15) is 0 Å². The van der Waals surface area contributed by atoms with Crippen LogP contribution in [0.5, 0.6) is 0 Å². The first-order valence-electron chi connectivity index (χ1n) is 3.14. The van der Waals surface area contributed by atoms with E-state index in [0.717, 1.165) is 6.54 Å². The molecule has 8 heavy (non-hydrogen) atoms. The Morgan fingerprint density at radius 3 is 2.50 bits per heavy atom. The molecular formula is C7H15N. The molecule has 0 aliphatic heterocycles. The van der Waals surface area contributed by atoms with Crippen molar-refractivity contribution < 1.29 is 0 Å². The Bertz CT molecular complexity index is 66.8. The highest BCUT2D eigenvalue weighted by Gasteiger charge is 1.82. The van der Waals surface area contributed by atoms with E-state index < -0.39 is 0 Å². The molecule has 0 rings (SSSR count). The Morgan fingerprint density at radius 2 is 2.12 bits per heavy atom. The molecule has 0 unspecified atom stereocenters. The van der Waals surface area contributed by atoms with E-state index in [-0.39, 0.29) is 0 Å². The van der Waals surface area contributed by atoms with Gasteiger partial charge in [0.2, 0.25) is 0 Å². The SMILES string of the molecule is C/C=C\N(C)CCC. The molecule has 0 heterocycles. The summed E-state index contributed by atoms with van der Waals surface area (Å²) in [6.07, 6.45) is 5.36. The molecule has 0 aliphatic carbocycles. The normalized spacial score (nSPS) is 10.4. The van der Waals surface area contributed by atoms with Gasteiger partial charge < -0.3 is 4.90 Å². The number of rotatable bonds is 3. The van der Waals surface area contributed by atoms with Crippen LogP contribution in [0.25, 0.3) is 0 Å². The standard InChI is InChI=1S/C7H15N/c1-4-6-8(3)7-5-2/h4,6H,5,7H2,1-3H3/b6-4-. The summed E-state index contributed by atoms with van der Waals surface area (Å²) in [7, 11) is 2.09. The van der Waals surface area contributed by atoms with Crippen LogP contribution in [-0.2, 0) is 0 Å². The third-order valence-electron chi connectivity index (χ3n) is 0.980. The molecule has 0 saturated heterocycles. The number of nitrogens with zero attached hydrogens (tertiary/aromatic N) is 1. The van der Waals surface area contributed by atoms with Crippen molar-refractivity contribution in [2.24, 2.45) is 0 Å². The summed E-state index contributed by atoms with van der Waals surface area (Å²) in [5.74, 6) is 0. The van der Waals surface area contributed by atoms with E-state index in [0.29, 0.717) is 0 Å². The van der Waals surface area contributed by atoms with Crippen LogP contribution in [0.3, 0.4) is 0 Å². The molecule has 0 N–H and O–H groups in total. The topological polar surface area (TPSA) is 3.24 Å². The summed E-state index contributed by atoms with van der Waals surface area (Å²) in [4.78, 5) is 2.18. The highest BCUT2D eigenvalue weighted by atomic mass is 15.1. The molecule has 0 bridgehead atoms. The summed E-state index contributed by atoms with van der Waals surface area (Å²) < 4.78 is 0. The largest absolute Gasteiger partial charge is 0.381 e. The molecule has 0 spiro atoms. The van der Waals surface area contributed by atoms with Crippen LogP contribution in [0.4, 0.5) is 0 Å². The van der Waals surface area contributed by atoms with Crippen LogP contribution in [0.15, 0.2) is 12.3 Å². The van der Waals surface area contributed by atoms with Gasteiger partial charge in [0.05, 0.1) is 0 Å². The van der Waals surface area contributed by atoms with Gasteiger partial charge in [-0.1, -0.05) is 13.0 Å². The van der Waals surface area contributed by atoms with Crippen molar-refractivity contribution in [2.75, 3.05) is 13.6 Å². The van der Waals surface area contributed by atoms with Gasteiger partial charge >= 0.3 is 0 Å². The Morgan fingerprint density at radius 1 is 1.50 bits per heavy atom. The zero-order valence-corrected chi connectivity index (χ0v) is 6.02. The van der Waals surface area contributed by atoms with Gasteiger partial charge in [-0.05, 0) is 19.5 Å². The maximum atomic E-state index is 2.18. The van der Waals surface area contributed by atoms with Gasteiger partial charge in [-0.25, -0.2) is 0 Å². The highest BCUT2D eigenvalue weighted by molar-refractivity contribution is 4.74. The molecule has 0 radical (unpaired) electrons. The minimum atomic E-state index is 1.16. The van der Waals surface area contributed by atoms with Gasteiger partial charge in [-0.3, -0.25) is 0 Å². The van der Waals surface area contributed by atoms with Crippen molar-refractivity contribution in [2.45, 2.75) is 20.3 Å². The summed E-state index contributed by atoms with van der Waals surface area (Å²) >= 11 is 0. The minimum Gasteiger partial charge on any atom is -0.381 e. The second kappa shape index (κ2) is 4.69. The van der Waals surface area contributed by atoms with Crippen molar-refractivity contribution in [1.82, 2.24) is 4.90 Å². The van der Waals surface area contributed by atoms with Crippen LogP contribution >= 0.6 is 0 Å². The summed E-state index contributed by atoms with van der Waals surface area (Å²) in [6.45, 7) is 5.37. The van der Waals surface area contributed by atoms with Gasteiger partial charge in [0.15, 0.2) is 0 Å². The molecule has 0 saturated carbocycles. The monoisotopic (exact) mass is 113 g/mol. The first kappa shape index (κ1) is 7.54. The van der Waals surface area contributed by atoms with E-state index >= 15 is 0 Å². The van der Waals surface area contributed by atoms with Crippen LogP contribution in [0, 0.1) is 0 Å². The molecule has 0 aromatic rings. The Balaban J connectivity index is 3.17. The van der Waals surface area contributed by atoms with Gasteiger partial charge in [-0.15, -0.1) is 0 Å². The minimum absolute atomic E-state index is 1.16. The summed E-state index contributed by atoms with van der Waals surface area (Å²) in [6, 6.07) is 0. The van der Waals surface area contributed by atoms with E-state index in [2.05, 4.69) is 31.1 Å². The predicted octanol–water partition coefficient (Wildman–Crippen LogP) is 1.86. The Kier molecular flexibility index (Phi) is 4.42. The van der Waals surface area contributed by atoms with E-state index in [1.807, 2.05) is 6.92 Å². The fourth-order valence-corrected chi connectivity index (χ4v) is 0.682. The maximum absolute atomic E-state index is 2.18. The average molecular weight is 113 g/mol. The molecule has 0 amide bonds. The lowest BCUT2D eigenvalue weighted by molar-refractivity contribution is 0.454. The smallest absolute Gasteiger partial charge is 0.0166 e. The van der Waals surface area contributed by atoms with Crippen molar-refractivity contribution in [3.8, 4) is 0 Å². The van der Waals surface area contributed by atoms with Crippen LogP contribution < -0.4 is 0 Å². The zero-order chi connectivity index (χ0) is 6.41. The molecule has 0 aromatic carbocycles. The fraction of sp³-hybridized carbons (Fsp3) is 0.714. The molecule has 0 atom stereocenters. The second-order valence-corrected chi connectivity index (χ2v) is 1.96. The molecule has 0 aromatic heterocycles. The van der Waals surface area contributed by atoms with Crippen molar-refractivity contribution >= 4 is 0 Å². The number of hydrogen-bond acceptors (Lipinski definition) is 1. The van der Waals surface area contributed by atoms with Crippen molar-refractivity contribution in [1.29, 1.82) is 0 Å². The average Bonchev–Trinajstić information content (AvgIpc) is 1.68. The highest BCUT2D eigenvalue weighted by Crippen LogP contribution is 1.85. The van der Waals surface area contributed by atoms with Gasteiger partial charge in [0, 0.05) is 13.6 Å². The van der Waals surface area contributed by atoms with Crippen molar-refractivity contribution in [3.63, 3.8) is 0 Å². The molecule has 1 heteroatoms. The van der Waals surface area contributed by atoms with Gasteiger partial charge in [0.25, 0.3) is 0 Å². The molecule has 0 aliphatic rings. The lowest BCUT2D eigenvalue weighted by Crippen LogP contribution is -2.10. The van der Waals surface area contributed by atoms with E-state index in [9.17, 15) is 0 Å². The van der Waals surface area contributed by atoms with Crippen LogP contribution in [0.2, 0.25) is 0 Å². The van der Waals surface area contributed by atoms with E-state index in [4.69, 9.17) is 0 Å². The Hall–Kier alpha value is -0.460. The first-order chi connectivity index (χ1) is 3.81. The van der Waals surface area contributed by atoms with E-state index in [1.165, 1.54) is 6.42 Å². The zero-order valence-electron chi connectivity index (χ0n) is 6.02. The lowest BCUT2D eigenvalue weighted by atomic mass is 10.4. The number of allylic oxidation sites excluding steroid dienone is 1. The first-order valence-corrected chi connectivity index (χ1v) is 3.14. The molecular weight excluding hydrogens is 98.1 g/mol. The second-order valence-electron chi connectivity index (χ2n) is 1.96. The quantitative estimate of drug-likeness (QED) is 0.540. The lowest BCUT2D eigenvalue weighted by Gasteiger charge is -2.10. The maximum Gasteiger partial charge on any atom is 0.0166 e. The van der Waals surface area contributed by atoms with Gasteiger partial charge in [0.1, 0.15) is 0 Å². The fourth-order valence-electron chi connectivity index (χ4n) is 0.682. The van der Waals surface area contributed by atoms with E-state index in [1.54, 1.807) is 0 Å². The molecule has 48 valence electrons. The predicted molar refractivity (Wildman–Crippen MR) is 37.7 cm³/mol. The summed E-state index contributed by atoms with van der Waals surface area (Å²) in [5.41, 5.74) is 0. The van der Waals surface area contributed by atoms with Crippen LogP contribution in [0.1, 0.15) is 20.3 Å². The Labute approximate surface area is 52.0 Å². The van der Waals surface area contributed by atoms with Crippen LogP contribution in [-0.4, -0.2) is 18.5 Å².